The number of aryl methyl sites for hydroxylation is 2. The van der Waals surface area contributed by atoms with E-state index in [-0.39, 0.29) is 11.6 Å². The minimum atomic E-state index is -1.54. The molecule has 0 amide bonds. The van der Waals surface area contributed by atoms with Crippen LogP contribution in [-0.4, -0.2) is 16.9 Å². The van der Waals surface area contributed by atoms with Gasteiger partial charge in [0.15, 0.2) is 11.3 Å². The van der Waals surface area contributed by atoms with Crippen molar-refractivity contribution in [3.63, 3.8) is 0 Å². The Morgan fingerprint density at radius 1 is 0.512 bits per heavy atom. The maximum atomic E-state index is 15.0. The van der Waals surface area contributed by atoms with Crippen molar-refractivity contribution in [3.05, 3.63) is 247 Å². The highest BCUT2D eigenvalue weighted by Gasteiger charge is 2.28. The highest BCUT2D eigenvalue weighted by atomic mass is 28.3. The Morgan fingerprint density at radius 2 is 1.09 bits per heavy atom. The Bertz CT molecular complexity index is 4600. The lowest BCUT2D eigenvalue weighted by Gasteiger charge is -2.30. The number of hydrogen-bond donors (Lipinski definition) is 0. The van der Waals surface area contributed by atoms with E-state index in [9.17, 15) is 8.78 Å². The number of allylic oxidation sites excluding steroid dienone is 2. The van der Waals surface area contributed by atoms with Crippen molar-refractivity contribution >= 4 is 121 Å². The lowest BCUT2D eigenvalue weighted by atomic mass is 9.91. The van der Waals surface area contributed by atoms with Gasteiger partial charge in [-0.15, -0.1) is 0 Å². The molecule has 0 spiro atoms. The van der Waals surface area contributed by atoms with Gasteiger partial charge in [-0.25, -0.2) is 8.78 Å². The summed E-state index contributed by atoms with van der Waals surface area (Å²) >= 11 is 0. The predicted molar refractivity (Wildman–Crippen MR) is 341 cm³/mol. The molecule has 13 rings (SSSR count). The van der Waals surface area contributed by atoms with Crippen LogP contribution in [0, 0.1) is 25.5 Å². The molecule has 0 bridgehead atoms. The van der Waals surface area contributed by atoms with Crippen LogP contribution in [0.25, 0.3) is 93.2 Å². The molecule has 11 aromatic carbocycles. The standard InChI is InChI=1S/C72H60F2N2O2Si2/c1-9-13-65(67-42-49-14-10-15-57(70(49)77-67)55-34-20-46(40-44(55)2)43-79(4)5)75(52-29-25-50(73)26-30-52)63-38-23-47-22-36-62-64(39-24-48-21-35-61(63)68(47)69(48)62)76(53-31-27-51(74)28-32-53)66-19-12-18-60-59-17-11-16-58(71(59)78-72(60)66)56-37-33-54(41-45(56)3)80(6,7)8/h9-42,79H,1,43H2,2-8H3/b65-13+. The van der Waals surface area contributed by atoms with Gasteiger partial charge in [0.1, 0.15) is 22.8 Å². The molecular formula is C72H60F2N2O2Si2. The zero-order chi connectivity index (χ0) is 55.1. The third-order valence-corrected chi connectivity index (χ3v) is 19.3. The van der Waals surface area contributed by atoms with Gasteiger partial charge in [0.2, 0.25) is 0 Å². The van der Waals surface area contributed by atoms with Crippen LogP contribution in [-0.2, 0) is 6.04 Å². The first kappa shape index (κ1) is 50.7. The number of rotatable bonds is 13. The normalized spacial score (nSPS) is 12.3. The molecule has 0 unspecified atom stereocenters. The molecule has 0 saturated carbocycles. The van der Waals surface area contributed by atoms with E-state index >= 15 is 0 Å². The summed E-state index contributed by atoms with van der Waals surface area (Å²) in [5.41, 5.74) is 15.4. The summed E-state index contributed by atoms with van der Waals surface area (Å²) in [7, 11) is -2.33. The van der Waals surface area contributed by atoms with Gasteiger partial charge >= 0.3 is 0 Å². The van der Waals surface area contributed by atoms with E-state index in [0.29, 0.717) is 5.76 Å². The average Bonchev–Trinajstić information content (AvgIpc) is 4.22. The van der Waals surface area contributed by atoms with Crippen molar-refractivity contribution in [2.75, 3.05) is 9.80 Å². The molecule has 8 heteroatoms. The summed E-state index contributed by atoms with van der Waals surface area (Å²) in [6.07, 6.45) is 3.75. The van der Waals surface area contributed by atoms with E-state index in [4.69, 9.17) is 8.83 Å². The molecule has 2 aromatic heterocycles. The van der Waals surface area contributed by atoms with E-state index < -0.39 is 16.9 Å². The van der Waals surface area contributed by atoms with Crippen molar-refractivity contribution in [3.8, 4) is 22.3 Å². The number of furan rings is 2. The molecule has 0 atom stereocenters. The van der Waals surface area contributed by atoms with Gasteiger partial charge < -0.3 is 18.6 Å². The highest BCUT2D eigenvalue weighted by molar-refractivity contribution is 6.88. The SMILES string of the molecule is C=C/C=C(\c1cc2cccc(-c3ccc(C[SiH](C)C)cc3C)c2o1)N(c1ccc(F)cc1)c1ccc2ccc3c(N(c4ccc(F)cc4)c4cccc5c4oc4c(-c6ccc([Si](C)(C)C)cc6C)cccc45)ccc4ccc1c2c43. The van der Waals surface area contributed by atoms with Crippen molar-refractivity contribution in [2.45, 2.75) is 52.6 Å². The molecule has 0 aliphatic rings. The van der Waals surface area contributed by atoms with Gasteiger partial charge in [-0.2, -0.15) is 0 Å². The minimum Gasteiger partial charge on any atom is -0.454 e. The largest absolute Gasteiger partial charge is 0.454 e. The number of fused-ring (bicyclic) bond motifs is 4. The van der Waals surface area contributed by atoms with Crippen LogP contribution in [0.5, 0.6) is 0 Å². The number of nitrogens with zero attached hydrogens (tertiary/aromatic N) is 2. The van der Waals surface area contributed by atoms with E-state index in [1.54, 1.807) is 6.08 Å². The third-order valence-electron chi connectivity index (χ3n) is 15.9. The topological polar surface area (TPSA) is 32.8 Å². The van der Waals surface area contributed by atoms with Crippen molar-refractivity contribution < 1.29 is 17.6 Å². The fourth-order valence-corrected chi connectivity index (χ4v) is 14.6. The first-order valence-corrected chi connectivity index (χ1v) is 34.2. The quantitative estimate of drug-likeness (QED) is 0.0654. The predicted octanol–water partition coefficient (Wildman–Crippen LogP) is 20.4. The Kier molecular flexibility index (Phi) is 12.5. The summed E-state index contributed by atoms with van der Waals surface area (Å²) in [4.78, 5) is 4.37. The molecule has 2 heterocycles. The van der Waals surface area contributed by atoms with E-state index in [1.807, 2.05) is 30.3 Å². The van der Waals surface area contributed by atoms with Crippen LogP contribution in [0.1, 0.15) is 22.5 Å². The van der Waals surface area contributed by atoms with Crippen LogP contribution in [0.2, 0.25) is 32.7 Å². The monoisotopic (exact) mass is 1080 g/mol. The van der Waals surface area contributed by atoms with Crippen molar-refractivity contribution in [1.82, 2.24) is 0 Å². The summed E-state index contributed by atoms with van der Waals surface area (Å²) in [5.74, 6) is -0.00911. The second-order valence-corrected chi connectivity index (χ2v) is 31.1. The molecule has 0 fully saturated rings. The summed E-state index contributed by atoms with van der Waals surface area (Å²) in [5, 5.41) is 10.7. The van der Waals surface area contributed by atoms with Crippen LogP contribution in [0.4, 0.5) is 37.2 Å². The molecule has 13 aromatic rings. The molecule has 0 aliphatic heterocycles. The molecule has 4 nitrogen and oxygen atoms in total. The fourth-order valence-electron chi connectivity index (χ4n) is 12.2. The Labute approximate surface area is 468 Å². The number of hydrogen-bond acceptors (Lipinski definition) is 4. The molecule has 0 saturated heterocycles. The van der Waals surface area contributed by atoms with Gasteiger partial charge in [-0.1, -0.05) is 177 Å². The van der Waals surface area contributed by atoms with Crippen molar-refractivity contribution in [1.29, 1.82) is 0 Å². The molecular weight excluding hydrogens is 1020 g/mol. The van der Waals surface area contributed by atoms with Gasteiger partial charge in [0.25, 0.3) is 0 Å². The zero-order valence-electron chi connectivity index (χ0n) is 46.1. The third kappa shape index (κ3) is 8.71. The molecule has 0 radical (unpaired) electrons. The van der Waals surface area contributed by atoms with E-state index in [1.165, 1.54) is 46.1 Å². The van der Waals surface area contributed by atoms with Gasteiger partial charge in [-0.3, -0.25) is 0 Å². The van der Waals surface area contributed by atoms with Crippen LogP contribution in [0.3, 0.4) is 0 Å². The van der Waals surface area contributed by atoms with E-state index in [2.05, 4.69) is 209 Å². The summed E-state index contributed by atoms with van der Waals surface area (Å²) < 4.78 is 44.2. The highest BCUT2D eigenvalue weighted by Crippen LogP contribution is 2.50. The number of benzene rings is 11. The van der Waals surface area contributed by atoms with Crippen LogP contribution >= 0.6 is 0 Å². The Balaban J connectivity index is 0.995. The van der Waals surface area contributed by atoms with Gasteiger partial charge in [0, 0.05) is 58.2 Å². The first-order chi connectivity index (χ1) is 38.7. The second kappa shape index (κ2) is 19.8. The Hall–Kier alpha value is -8.83. The minimum absolute atomic E-state index is 0.319. The van der Waals surface area contributed by atoms with Crippen molar-refractivity contribution in [2.24, 2.45) is 0 Å². The fraction of sp³-hybridized carbons (Fsp3) is 0.111. The Morgan fingerprint density at radius 3 is 1.73 bits per heavy atom. The molecule has 0 N–H and O–H groups in total. The van der Waals surface area contributed by atoms with Crippen LogP contribution < -0.4 is 15.0 Å². The summed E-state index contributed by atoms with van der Waals surface area (Å²) in [6.45, 7) is 20.5. The lowest BCUT2D eigenvalue weighted by molar-refractivity contribution is 0.599. The molecule has 80 heavy (non-hydrogen) atoms. The van der Waals surface area contributed by atoms with Gasteiger partial charge in [0.05, 0.1) is 30.8 Å². The molecule has 0 aliphatic carbocycles. The second-order valence-electron chi connectivity index (χ2n) is 22.8. The zero-order valence-corrected chi connectivity index (χ0v) is 48.2. The smallest absolute Gasteiger partial charge is 0.159 e. The maximum absolute atomic E-state index is 15.0. The first-order valence-electron chi connectivity index (χ1n) is 27.6. The number of halogens is 2. The average molecular weight is 1080 g/mol. The number of para-hydroxylation sites is 3. The van der Waals surface area contributed by atoms with Crippen LogP contribution in [0.15, 0.2) is 222 Å². The molecule has 392 valence electrons. The van der Waals surface area contributed by atoms with Gasteiger partial charge in [-0.05, 0) is 143 Å². The maximum Gasteiger partial charge on any atom is 0.159 e. The van der Waals surface area contributed by atoms with E-state index in [0.717, 1.165) is 128 Å². The summed E-state index contributed by atoms with van der Waals surface area (Å²) in [6, 6.07) is 66.8. The number of anilines is 5. The lowest BCUT2D eigenvalue weighted by Crippen LogP contribution is -2.37.